The second-order valence-corrected chi connectivity index (χ2v) is 7.64. The first-order valence-corrected chi connectivity index (χ1v) is 8.70. The lowest BCUT2D eigenvalue weighted by molar-refractivity contribution is 0.105. The molecule has 1 aliphatic heterocycles. The van der Waals surface area contributed by atoms with Crippen molar-refractivity contribution in [3.63, 3.8) is 0 Å². The third-order valence-corrected chi connectivity index (χ3v) is 5.86. The molecule has 4 atom stereocenters. The quantitative estimate of drug-likeness (QED) is 0.820. The molecule has 2 saturated carbocycles. The van der Waals surface area contributed by atoms with Gasteiger partial charge in [0.15, 0.2) is 0 Å². The summed E-state index contributed by atoms with van der Waals surface area (Å²) in [5.74, 6) is 3.23. The molecule has 2 aliphatic carbocycles. The Bertz CT molecular complexity index is 289. The van der Waals surface area contributed by atoms with E-state index >= 15 is 0 Å². The van der Waals surface area contributed by atoms with E-state index in [9.17, 15) is 0 Å². The summed E-state index contributed by atoms with van der Waals surface area (Å²) >= 11 is 0. The number of hydrogen-bond acceptors (Lipinski definition) is 2. The minimum absolute atomic E-state index is 0.631. The van der Waals surface area contributed by atoms with Gasteiger partial charge in [-0.25, -0.2) is 0 Å². The van der Waals surface area contributed by atoms with Crippen LogP contribution in [0.15, 0.2) is 0 Å². The average Bonchev–Trinajstić information content (AvgIpc) is 3.00. The van der Waals surface area contributed by atoms with E-state index in [1.807, 2.05) is 0 Å². The Labute approximate surface area is 119 Å². The van der Waals surface area contributed by atoms with E-state index in [4.69, 9.17) is 0 Å². The van der Waals surface area contributed by atoms with E-state index in [2.05, 4.69) is 24.1 Å². The van der Waals surface area contributed by atoms with Crippen LogP contribution in [-0.4, -0.2) is 36.6 Å². The van der Waals surface area contributed by atoms with E-state index < -0.39 is 0 Å². The molecule has 0 aromatic heterocycles. The SMILES string of the molecule is CC(C)NCC1CCCCN1CC1CC2CCC1C2. The number of nitrogens with zero attached hydrogens (tertiary/aromatic N) is 1. The summed E-state index contributed by atoms with van der Waals surface area (Å²) in [4.78, 5) is 2.84. The highest BCUT2D eigenvalue weighted by Crippen LogP contribution is 2.48. The first kappa shape index (κ1) is 13.9. The van der Waals surface area contributed by atoms with Gasteiger partial charge in [-0.15, -0.1) is 0 Å². The van der Waals surface area contributed by atoms with Crippen molar-refractivity contribution in [1.29, 1.82) is 0 Å². The van der Waals surface area contributed by atoms with Crippen molar-refractivity contribution in [2.24, 2.45) is 17.8 Å². The van der Waals surface area contributed by atoms with Gasteiger partial charge in [0.25, 0.3) is 0 Å². The van der Waals surface area contributed by atoms with Gasteiger partial charge in [0, 0.05) is 25.2 Å². The monoisotopic (exact) mass is 264 g/mol. The van der Waals surface area contributed by atoms with Crippen molar-refractivity contribution < 1.29 is 0 Å². The summed E-state index contributed by atoms with van der Waals surface area (Å²) in [6.45, 7) is 8.51. The van der Waals surface area contributed by atoms with Crippen LogP contribution in [0.5, 0.6) is 0 Å². The number of fused-ring (bicyclic) bond motifs is 2. The normalized spacial score (nSPS) is 39.3. The van der Waals surface area contributed by atoms with E-state index in [0.717, 1.165) is 23.8 Å². The lowest BCUT2D eigenvalue weighted by Crippen LogP contribution is -2.48. The van der Waals surface area contributed by atoms with Crippen LogP contribution >= 0.6 is 0 Å². The molecule has 3 fully saturated rings. The minimum atomic E-state index is 0.631. The van der Waals surface area contributed by atoms with Gasteiger partial charge >= 0.3 is 0 Å². The molecule has 2 nitrogen and oxygen atoms in total. The molecule has 0 radical (unpaired) electrons. The van der Waals surface area contributed by atoms with Crippen LogP contribution in [-0.2, 0) is 0 Å². The van der Waals surface area contributed by atoms with Gasteiger partial charge in [-0.1, -0.05) is 26.7 Å². The van der Waals surface area contributed by atoms with Gasteiger partial charge < -0.3 is 5.32 Å². The van der Waals surface area contributed by atoms with Crippen LogP contribution < -0.4 is 5.32 Å². The van der Waals surface area contributed by atoms with E-state index in [0.29, 0.717) is 6.04 Å². The molecule has 1 N–H and O–H groups in total. The summed E-state index contributed by atoms with van der Waals surface area (Å²) < 4.78 is 0. The lowest BCUT2D eigenvalue weighted by Gasteiger charge is -2.39. The molecule has 0 spiro atoms. The molecule has 19 heavy (non-hydrogen) atoms. The van der Waals surface area contributed by atoms with Crippen molar-refractivity contribution in [3.8, 4) is 0 Å². The van der Waals surface area contributed by atoms with Crippen LogP contribution in [0.1, 0.15) is 58.8 Å². The standard InChI is InChI=1S/C17H32N2/c1-13(2)18-11-17-5-3-4-8-19(17)12-16-10-14-6-7-15(16)9-14/h13-18H,3-12H2,1-2H3. The maximum absolute atomic E-state index is 3.66. The van der Waals surface area contributed by atoms with Gasteiger partial charge in [-0.3, -0.25) is 4.90 Å². The number of hydrogen-bond donors (Lipinski definition) is 1. The summed E-state index contributed by atoms with van der Waals surface area (Å²) in [5.41, 5.74) is 0. The highest BCUT2D eigenvalue weighted by molar-refractivity contribution is 4.92. The molecular weight excluding hydrogens is 232 g/mol. The Kier molecular flexibility index (Phi) is 4.48. The Hall–Kier alpha value is -0.0800. The van der Waals surface area contributed by atoms with Gasteiger partial charge in [-0.2, -0.15) is 0 Å². The smallest absolute Gasteiger partial charge is 0.0220 e. The van der Waals surface area contributed by atoms with E-state index in [-0.39, 0.29) is 0 Å². The maximum atomic E-state index is 3.66. The zero-order valence-electron chi connectivity index (χ0n) is 12.9. The Morgan fingerprint density at radius 1 is 1.11 bits per heavy atom. The van der Waals surface area contributed by atoms with Crippen molar-refractivity contribution in [3.05, 3.63) is 0 Å². The number of nitrogens with one attached hydrogen (secondary N) is 1. The van der Waals surface area contributed by atoms with E-state index in [1.165, 1.54) is 45.3 Å². The van der Waals surface area contributed by atoms with Crippen LogP contribution in [0.25, 0.3) is 0 Å². The van der Waals surface area contributed by atoms with Crippen molar-refractivity contribution in [1.82, 2.24) is 10.2 Å². The number of likely N-dealkylation sites (tertiary alicyclic amines) is 1. The zero-order chi connectivity index (χ0) is 13.2. The first-order chi connectivity index (χ1) is 9.22. The van der Waals surface area contributed by atoms with Gasteiger partial charge in [-0.05, 0) is 56.4 Å². The average molecular weight is 264 g/mol. The van der Waals surface area contributed by atoms with Gasteiger partial charge in [0.05, 0.1) is 0 Å². The van der Waals surface area contributed by atoms with Gasteiger partial charge in [0.2, 0.25) is 0 Å². The summed E-state index contributed by atoms with van der Waals surface area (Å²) in [5, 5.41) is 3.66. The van der Waals surface area contributed by atoms with Crippen LogP contribution in [0.3, 0.4) is 0 Å². The molecule has 3 aliphatic rings. The highest BCUT2D eigenvalue weighted by atomic mass is 15.2. The Morgan fingerprint density at radius 3 is 2.68 bits per heavy atom. The molecule has 1 heterocycles. The molecule has 0 amide bonds. The van der Waals surface area contributed by atoms with E-state index in [1.54, 1.807) is 19.3 Å². The summed E-state index contributed by atoms with van der Waals surface area (Å²) in [6, 6.07) is 1.45. The summed E-state index contributed by atoms with van der Waals surface area (Å²) in [7, 11) is 0. The van der Waals surface area contributed by atoms with Crippen molar-refractivity contribution in [2.45, 2.75) is 70.9 Å². The maximum Gasteiger partial charge on any atom is 0.0220 e. The van der Waals surface area contributed by atoms with Crippen LogP contribution in [0.4, 0.5) is 0 Å². The van der Waals surface area contributed by atoms with Crippen LogP contribution in [0, 0.1) is 17.8 Å². The molecule has 0 aromatic carbocycles. The lowest BCUT2D eigenvalue weighted by atomic mass is 9.87. The zero-order valence-corrected chi connectivity index (χ0v) is 12.9. The second-order valence-electron chi connectivity index (χ2n) is 7.64. The third-order valence-electron chi connectivity index (χ3n) is 5.86. The molecule has 3 rings (SSSR count). The fourth-order valence-electron chi connectivity index (χ4n) is 4.80. The van der Waals surface area contributed by atoms with Crippen molar-refractivity contribution >= 4 is 0 Å². The summed E-state index contributed by atoms with van der Waals surface area (Å²) in [6.07, 6.45) is 10.5. The molecule has 2 heteroatoms. The van der Waals surface area contributed by atoms with Crippen molar-refractivity contribution in [2.75, 3.05) is 19.6 Å². The second kappa shape index (κ2) is 6.13. The number of rotatable bonds is 5. The fraction of sp³-hybridized carbons (Fsp3) is 1.00. The topological polar surface area (TPSA) is 15.3 Å². The molecule has 2 bridgehead atoms. The minimum Gasteiger partial charge on any atom is -0.313 e. The molecule has 110 valence electrons. The molecule has 4 unspecified atom stereocenters. The van der Waals surface area contributed by atoms with Crippen LogP contribution in [0.2, 0.25) is 0 Å². The Morgan fingerprint density at radius 2 is 2.00 bits per heavy atom. The van der Waals surface area contributed by atoms with Gasteiger partial charge in [0.1, 0.15) is 0 Å². The molecular formula is C17H32N2. The largest absolute Gasteiger partial charge is 0.313 e. The fourth-order valence-corrected chi connectivity index (χ4v) is 4.80. The predicted octanol–water partition coefficient (Wildman–Crippen LogP) is 3.28. The molecule has 0 aromatic rings. The first-order valence-electron chi connectivity index (χ1n) is 8.70. The number of piperidine rings is 1. The Balaban J connectivity index is 1.52. The third kappa shape index (κ3) is 3.33. The predicted molar refractivity (Wildman–Crippen MR) is 81.3 cm³/mol. The highest BCUT2D eigenvalue weighted by Gasteiger charge is 2.40. The molecule has 1 saturated heterocycles.